The molecular formula is C5H10N4O2S. The predicted octanol–water partition coefficient (Wildman–Crippen LogP) is -0.931. The molecule has 0 heterocycles. The highest BCUT2D eigenvalue weighted by Gasteiger charge is 2.05. The number of hydrogen-bond donors (Lipinski definition) is 4. The summed E-state index contributed by atoms with van der Waals surface area (Å²) in [4.78, 5) is 21.3. The second-order valence-electron chi connectivity index (χ2n) is 1.78. The quantitative estimate of drug-likeness (QED) is 0.333. The van der Waals surface area contributed by atoms with Crippen LogP contribution in [-0.4, -0.2) is 29.9 Å². The number of carbonyl (C=O) groups excluding carboxylic acids is 2. The molecule has 6 nitrogen and oxygen atoms in total. The van der Waals surface area contributed by atoms with Gasteiger partial charge in [-0.05, 0) is 0 Å². The standard InChI is InChI=1S/C5H10N4O2S/c1-8-5(11)9-3(10)2-12-4(6)7/h2H2,1H3,(H3,6,7)(H2,8,9,10,11). The highest BCUT2D eigenvalue weighted by atomic mass is 32.2. The van der Waals surface area contributed by atoms with Gasteiger partial charge in [-0.15, -0.1) is 0 Å². The molecule has 12 heavy (non-hydrogen) atoms. The molecule has 0 saturated heterocycles. The van der Waals surface area contributed by atoms with Gasteiger partial charge in [0, 0.05) is 7.05 Å². The lowest BCUT2D eigenvalue weighted by Crippen LogP contribution is -2.38. The van der Waals surface area contributed by atoms with E-state index in [2.05, 4.69) is 5.32 Å². The zero-order valence-electron chi connectivity index (χ0n) is 6.51. The van der Waals surface area contributed by atoms with Gasteiger partial charge >= 0.3 is 6.03 Å². The molecule has 0 aromatic heterocycles. The number of nitrogens with two attached hydrogens (primary N) is 1. The Balaban J connectivity index is 3.60. The summed E-state index contributed by atoms with van der Waals surface area (Å²) < 4.78 is 0. The van der Waals surface area contributed by atoms with E-state index >= 15 is 0 Å². The van der Waals surface area contributed by atoms with E-state index in [-0.39, 0.29) is 10.9 Å². The van der Waals surface area contributed by atoms with E-state index in [0.717, 1.165) is 11.8 Å². The van der Waals surface area contributed by atoms with Gasteiger partial charge in [-0.3, -0.25) is 15.5 Å². The fourth-order valence-electron chi connectivity index (χ4n) is 0.369. The molecule has 7 heteroatoms. The van der Waals surface area contributed by atoms with Crippen molar-refractivity contribution >= 4 is 28.9 Å². The smallest absolute Gasteiger partial charge is 0.321 e. The number of thioether (sulfide) groups is 1. The number of hydrogen-bond acceptors (Lipinski definition) is 4. The maximum absolute atomic E-state index is 10.8. The molecule has 0 aromatic rings. The molecule has 68 valence electrons. The lowest BCUT2D eigenvalue weighted by molar-refractivity contribution is -0.117. The largest absolute Gasteiger partial charge is 0.379 e. The van der Waals surface area contributed by atoms with Crippen molar-refractivity contribution < 1.29 is 9.59 Å². The van der Waals surface area contributed by atoms with Gasteiger partial charge in [0.25, 0.3) is 0 Å². The van der Waals surface area contributed by atoms with Gasteiger partial charge in [-0.1, -0.05) is 11.8 Å². The summed E-state index contributed by atoms with van der Waals surface area (Å²) >= 11 is 0.861. The molecule has 0 aliphatic rings. The van der Waals surface area contributed by atoms with Crippen molar-refractivity contribution in [3.05, 3.63) is 0 Å². The van der Waals surface area contributed by atoms with Gasteiger partial charge in [-0.2, -0.15) is 0 Å². The summed E-state index contributed by atoms with van der Waals surface area (Å²) in [7, 11) is 1.40. The zero-order chi connectivity index (χ0) is 9.56. The normalized spacial score (nSPS) is 8.75. The molecule has 0 saturated carbocycles. The number of urea groups is 1. The second-order valence-corrected chi connectivity index (χ2v) is 2.80. The number of rotatable bonds is 2. The van der Waals surface area contributed by atoms with Crippen molar-refractivity contribution in [1.29, 1.82) is 5.41 Å². The molecule has 0 fully saturated rings. The minimum Gasteiger partial charge on any atom is -0.379 e. The van der Waals surface area contributed by atoms with Crippen LogP contribution in [0.4, 0.5) is 4.79 Å². The first-order valence-corrected chi connectivity index (χ1v) is 4.03. The molecule has 0 spiro atoms. The van der Waals surface area contributed by atoms with Gasteiger partial charge in [-0.25, -0.2) is 4.79 Å². The molecule has 0 aliphatic heterocycles. The Morgan fingerprint density at radius 3 is 2.58 bits per heavy atom. The maximum Gasteiger partial charge on any atom is 0.321 e. The molecule has 0 atom stereocenters. The minimum atomic E-state index is -0.566. The van der Waals surface area contributed by atoms with Crippen molar-refractivity contribution in [2.24, 2.45) is 5.73 Å². The molecule has 5 N–H and O–H groups in total. The summed E-state index contributed by atoms with van der Waals surface area (Å²) in [5.74, 6) is -0.502. The summed E-state index contributed by atoms with van der Waals surface area (Å²) in [6, 6.07) is -0.566. The monoisotopic (exact) mass is 190 g/mol. The van der Waals surface area contributed by atoms with E-state index in [1.807, 2.05) is 5.32 Å². The number of imide groups is 1. The summed E-state index contributed by atoms with van der Waals surface area (Å²) in [6.45, 7) is 0. The van der Waals surface area contributed by atoms with Gasteiger partial charge in [0.1, 0.15) is 0 Å². The number of nitrogens with one attached hydrogen (secondary N) is 3. The highest BCUT2D eigenvalue weighted by Crippen LogP contribution is 1.95. The third-order valence-electron chi connectivity index (χ3n) is 0.839. The topological polar surface area (TPSA) is 108 Å². The van der Waals surface area contributed by atoms with Crippen molar-refractivity contribution in [2.45, 2.75) is 0 Å². The van der Waals surface area contributed by atoms with Gasteiger partial charge in [0.15, 0.2) is 5.17 Å². The van der Waals surface area contributed by atoms with Gasteiger partial charge in [0.2, 0.25) is 5.91 Å². The van der Waals surface area contributed by atoms with Crippen LogP contribution in [0.3, 0.4) is 0 Å². The van der Waals surface area contributed by atoms with Gasteiger partial charge in [0.05, 0.1) is 5.75 Å². The molecule has 0 rings (SSSR count). The average molecular weight is 190 g/mol. The Labute approximate surface area is 73.8 Å². The average Bonchev–Trinajstić information content (AvgIpc) is 2.00. The van der Waals surface area contributed by atoms with E-state index in [1.165, 1.54) is 7.05 Å². The predicted molar refractivity (Wildman–Crippen MR) is 47.0 cm³/mol. The molecule has 0 aliphatic carbocycles. The summed E-state index contributed by atoms with van der Waals surface area (Å²) in [6.07, 6.45) is 0. The van der Waals surface area contributed by atoms with Crippen molar-refractivity contribution in [2.75, 3.05) is 12.8 Å². The van der Waals surface area contributed by atoms with E-state index in [9.17, 15) is 9.59 Å². The van der Waals surface area contributed by atoms with Crippen LogP contribution in [0.1, 0.15) is 0 Å². The van der Waals surface area contributed by atoms with E-state index in [4.69, 9.17) is 11.1 Å². The lowest BCUT2D eigenvalue weighted by Gasteiger charge is -2.01. The summed E-state index contributed by atoms with van der Waals surface area (Å²) in [5, 5.41) is 10.9. The lowest BCUT2D eigenvalue weighted by atomic mass is 10.7. The Kier molecular flexibility index (Phi) is 4.86. The van der Waals surface area contributed by atoms with E-state index in [1.54, 1.807) is 0 Å². The van der Waals surface area contributed by atoms with Crippen molar-refractivity contribution in [1.82, 2.24) is 10.6 Å². The fourth-order valence-corrected chi connectivity index (χ4v) is 0.727. The molecule has 3 amide bonds. The molecule has 0 unspecified atom stereocenters. The Bertz CT molecular complexity index is 206. The number of amidine groups is 1. The fraction of sp³-hybridized carbons (Fsp3) is 0.400. The Morgan fingerprint density at radius 2 is 2.17 bits per heavy atom. The zero-order valence-corrected chi connectivity index (χ0v) is 7.33. The first kappa shape index (κ1) is 10.8. The minimum absolute atomic E-state index is 0.0250. The van der Waals surface area contributed by atoms with Crippen LogP contribution in [0.15, 0.2) is 0 Å². The van der Waals surface area contributed by atoms with Crippen LogP contribution in [0.5, 0.6) is 0 Å². The van der Waals surface area contributed by atoms with Gasteiger partial charge < -0.3 is 11.1 Å². The van der Waals surface area contributed by atoms with Crippen LogP contribution in [0, 0.1) is 5.41 Å². The SMILES string of the molecule is CNC(=O)NC(=O)CSC(=N)N. The van der Waals surface area contributed by atoms with Crippen LogP contribution in [0.2, 0.25) is 0 Å². The first-order chi connectivity index (χ1) is 5.56. The third-order valence-corrected chi connectivity index (χ3v) is 1.56. The second kappa shape index (κ2) is 5.42. The van der Waals surface area contributed by atoms with Crippen molar-refractivity contribution in [3.63, 3.8) is 0 Å². The number of carbonyl (C=O) groups is 2. The van der Waals surface area contributed by atoms with Crippen LogP contribution >= 0.6 is 11.8 Å². The van der Waals surface area contributed by atoms with Crippen molar-refractivity contribution in [3.8, 4) is 0 Å². The highest BCUT2D eigenvalue weighted by molar-refractivity contribution is 8.14. The molecular weight excluding hydrogens is 180 g/mol. The molecule has 0 radical (unpaired) electrons. The first-order valence-electron chi connectivity index (χ1n) is 3.04. The third kappa shape index (κ3) is 5.54. The van der Waals surface area contributed by atoms with Crippen LogP contribution in [0.25, 0.3) is 0 Å². The Morgan fingerprint density at radius 1 is 1.58 bits per heavy atom. The Hall–Kier alpha value is -1.24. The summed E-state index contributed by atoms with van der Waals surface area (Å²) in [5.41, 5.74) is 4.97. The van der Waals surface area contributed by atoms with E-state index < -0.39 is 11.9 Å². The van der Waals surface area contributed by atoms with Crippen LogP contribution < -0.4 is 16.4 Å². The molecule has 0 bridgehead atoms. The van der Waals surface area contributed by atoms with Crippen LogP contribution in [-0.2, 0) is 4.79 Å². The number of amides is 3. The maximum atomic E-state index is 10.8. The van der Waals surface area contributed by atoms with E-state index in [0.29, 0.717) is 0 Å². The molecule has 0 aromatic carbocycles.